The molecule has 2 N–H and O–H groups in total. The third-order valence-corrected chi connectivity index (χ3v) is 4.96. The van der Waals surface area contributed by atoms with Gasteiger partial charge in [0, 0.05) is 16.1 Å². The Bertz CT molecular complexity index is 981. The van der Waals surface area contributed by atoms with E-state index in [1.165, 1.54) is 12.1 Å². The zero-order chi connectivity index (χ0) is 17.6. The molecule has 4 nitrogen and oxygen atoms in total. The summed E-state index contributed by atoms with van der Waals surface area (Å²) in [5, 5.41) is 19.7. The van der Waals surface area contributed by atoms with Crippen molar-refractivity contribution < 1.29 is 19.7 Å². The lowest BCUT2D eigenvalue weighted by Gasteiger charge is -2.27. The normalized spacial score (nSPS) is 18.7. The van der Waals surface area contributed by atoms with E-state index >= 15 is 0 Å². The smallest absolute Gasteiger partial charge is 0.331 e. The molecule has 124 valence electrons. The largest absolute Gasteiger partial charge is 0.508 e. The molecule has 0 amide bonds. The van der Waals surface area contributed by atoms with E-state index in [1.54, 1.807) is 30.3 Å². The van der Waals surface area contributed by atoms with E-state index < -0.39 is 11.4 Å². The topological polar surface area (TPSA) is 66.8 Å². The van der Waals surface area contributed by atoms with Crippen LogP contribution >= 0.6 is 15.9 Å². The molecule has 0 aliphatic carbocycles. The Balaban J connectivity index is 2.08. The van der Waals surface area contributed by atoms with Crippen LogP contribution in [0.4, 0.5) is 0 Å². The molecule has 0 saturated carbocycles. The van der Waals surface area contributed by atoms with E-state index in [-0.39, 0.29) is 11.5 Å². The number of benzene rings is 3. The van der Waals surface area contributed by atoms with Gasteiger partial charge in [0.25, 0.3) is 0 Å². The SMILES string of the molecule is O=C1Oc2cc(O)ccc2C1(c1ccc(Br)cc1)c1cccc(O)c1. The minimum absolute atomic E-state index is 0.0223. The van der Waals surface area contributed by atoms with Gasteiger partial charge in [0.2, 0.25) is 0 Å². The number of carbonyl (C=O) groups is 1. The van der Waals surface area contributed by atoms with Crippen LogP contribution in [0.25, 0.3) is 0 Å². The summed E-state index contributed by atoms with van der Waals surface area (Å²) in [4.78, 5) is 13.1. The monoisotopic (exact) mass is 396 g/mol. The standard InChI is InChI=1S/C20H13BrO4/c21-14-6-4-12(5-7-14)20(13-2-1-3-15(22)10-13)17-9-8-16(23)11-18(17)25-19(20)24/h1-11,22-23H. The number of fused-ring (bicyclic) bond motifs is 1. The molecule has 25 heavy (non-hydrogen) atoms. The van der Waals surface area contributed by atoms with E-state index in [4.69, 9.17) is 4.74 Å². The van der Waals surface area contributed by atoms with Gasteiger partial charge in [-0.05, 0) is 47.5 Å². The van der Waals surface area contributed by atoms with Crippen molar-refractivity contribution in [2.45, 2.75) is 5.41 Å². The lowest BCUT2D eigenvalue weighted by Crippen LogP contribution is -2.36. The molecule has 1 unspecified atom stereocenters. The van der Waals surface area contributed by atoms with E-state index in [9.17, 15) is 15.0 Å². The predicted molar refractivity (Wildman–Crippen MR) is 95.9 cm³/mol. The highest BCUT2D eigenvalue weighted by atomic mass is 79.9. The number of esters is 1. The summed E-state index contributed by atoms with van der Waals surface area (Å²) in [6.45, 7) is 0. The average molecular weight is 397 g/mol. The average Bonchev–Trinajstić information content (AvgIpc) is 2.87. The first-order valence-electron chi connectivity index (χ1n) is 7.63. The first-order chi connectivity index (χ1) is 12.0. The Labute approximate surface area is 152 Å². The second-order valence-corrected chi connectivity index (χ2v) is 6.79. The van der Waals surface area contributed by atoms with Crippen molar-refractivity contribution in [1.82, 2.24) is 0 Å². The number of hydrogen-bond acceptors (Lipinski definition) is 4. The van der Waals surface area contributed by atoms with Crippen molar-refractivity contribution in [3.8, 4) is 17.2 Å². The quantitative estimate of drug-likeness (QED) is 0.505. The van der Waals surface area contributed by atoms with E-state index in [1.807, 2.05) is 24.3 Å². The van der Waals surface area contributed by atoms with Gasteiger partial charge < -0.3 is 14.9 Å². The summed E-state index contributed by atoms with van der Waals surface area (Å²) < 4.78 is 6.38. The first kappa shape index (κ1) is 15.7. The molecule has 3 aromatic rings. The summed E-state index contributed by atoms with van der Waals surface area (Å²) in [5.74, 6) is -0.0691. The molecule has 5 heteroatoms. The first-order valence-corrected chi connectivity index (χ1v) is 8.42. The van der Waals surface area contributed by atoms with Crippen molar-refractivity contribution in [3.63, 3.8) is 0 Å². The summed E-state index contributed by atoms with van der Waals surface area (Å²) in [7, 11) is 0. The molecule has 3 aromatic carbocycles. The Hall–Kier alpha value is -2.79. The number of ether oxygens (including phenoxy) is 1. The van der Waals surface area contributed by atoms with Gasteiger partial charge >= 0.3 is 5.97 Å². The minimum atomic E-state index is -1.21. The molecule has 0 saturated heterocycles. The molecule has 1 aliphatic heterocycles. The van der Waals surface area contributed by atoms with Crippen LogP contribution in [0.1, 0.15) is 16.7 Å². The van der Waals surface area contributed by atoms with Gasteiger partial charge in [-0.15, -0.1) is 0 Å². The van der Waals surface area contributed by atoms with Crippen LogP contribution in [-0.2, 0) is 10.2 Å². The summed E-state index contributed by atoms with van der Waals surface area (Å²) in [5.41, 5.74) is 0.742. The highest BCUT2D eigenvalue weighted by molar-refractivity contribution is 9.10. The number of carbonyl (C=O) groups excluding carboxylic acids is 1. The fraction of sp³-hybridized carbons (Fsp3) is 0.0500. The fourth-order valence-electron chi connectivity index (χ4n) is 3.34. The van der Waals surface area contributed by atoms with Gasteiger partial charge in [0.1, 0.15) is 22.7 Å². The molecule has 4 rings (SSSR count). The van der Waals surface area contributed by atoms with E-state index in [2.05, 4.69) is 15.9 Å². The third kappa shape index (κ3) is 2.31. The number of hydrogen-bond donors (Lipinski definition) is 2. The van der Waals surface area contributed by atoms with E-state index in [0.29, 0.717) is 16.9 Å². The van der Waals surface area contributed by atoms with Crippen molar-refractivity contribution in [3.05, 3.63) is 87.9 Å². The van der Waals surface area contributed by atoms with Crippen LogP contribution in [0.3, 0.4) is 0 Å². The highest BCUT2D eigenvalue weighted by Crippen LogP contribution is 2.50. The zero-order valence-corrected chi connectivity index (χ0v) is 14.5. The number of phenols is 2. The lowest BCUT2D eigenvalue weighted by molar-refractivity contribution is -0.135. The second-order valence-electron chi connectivity index (χ2n) is 5.88. The van der Waals surface area contributed by atoms with Crippen molar-refractivity contribution in [2.24, 2.45) is 0 Å². The van der Waals surface area contributed by atoms with Crippen LogP contribution in [0.2, 0.25) is 0 Å². The van der Waals surface area contributed by atoms with Gasteiger partial charge in [0.15, 0.2) is 0 Å². The summed E-state index contributed by atoms with van der Waals surface area (Å²) in [6.07, 6.45) is 0. The number of rotatable bonds is 2. The number of halogens is 1. The van der Waals surface area contributed by atoms with Gasteiger partial charge in [0.05, 0.1) is 0 Å². The number of aromatic hydroxyl groups is 2. The Morgan fingerprint density at radius 3 is 2.28 bits per heavy atom. The van der Waals surface area contributed by atoms with Crippen molar-refractivity contribution in [1.29, 1.82) is 0 Å². The van der Waals surface area contributed by atoms with Crippen LogP contribution in [0, 0.1) is 0 Å². The van der Waals surface area contributed by atoms with Crippen LogP contribution in [0.15, 0.2) is 71.2 Å². The van der Waals surface area contributed by atoms with Crippen molar-refractivity contribution in [2.75, 3.05) is 0 Å². The maximum atomic E-state index is 13.1. The molecular weight excluding hydrogens is 384 g/mol. The molecule has 0 spiro atoms. The second kappa shape index (κ2) is 5.63. The molecular formula is C20H13BrO4. The molecule has 1 heterocycles. The van der Waals surface area contributed by atoms with Gasteiger partial charge in [-0.2, -0.15) is 0 Å². The van der Waals surface area contributed by atoms with Crippen LogP contribution < -0.4 is 4.74 Å². The van der Waals surface area contributed by atoms with E-state index in [0.717, 1.165) is 10.0 Å². The molecule has 0 radical (unpaired) electrons. The lowest BCUT2D eigenvalue weighted by atomic mass is 9.70. The zero-order valence-electron chi connectivity index (χ0n) is 12.9. The van der Waals surface area contributed by atoms with Crippen molar-refractivity contribution >= 4 is 21.9 Å². The summed E-state index contributed by atoms with van der Waals surface area (Å²) in [6, 6.07) is 18.6. The molecule has 1 atom stereocenters. The Morgan fingerprint density at radius 2 is 1.56 bits per heavy atom. The maximum absolute atomic E-state index is 13.1. The predicted octanol–water partition coefficient (Wildman–Crippen LogP) is 4.11. The van der Waals surface area contributed by atoms with Gasteiger partial charge in [-0.3, -0.25) is 0 Å². The molecule has 1 aliphatic rings. The Morgan fingerprint density at radius 1 is 0.840 bits per heavy atom. The number of phenolic OH excluding ortho intramolecular Hbond substituents is 2. The van der Waals surface area contributed by atoms with Crippen LogP contribution in [-0.4, -0.2) is 16.2 Å². The molecule has 0 fully saturated rings. The molecule has 0 bridgehead atoms. The highest BCUT2D eigenvalue weighted by Gasteiger charge is 2.52. The van der Waals surface area contributed by atoms with Gasteiger partial charge in [-0.1, -0.05) is 40.2 Å². The fourth-order valence-corrected chi connectivity index (χ4v) is 3.61. The third-order valence-electron chi connectivity index (χ3n) is 4.43. The van der Waals surface area contributed by atoms with Gasteiger partial charge in [-0.25, -0.2) is 4.79 Å². The van der Waals surface area contributed by atoms with Crippen LogP contribution in [0.5, 0.6) is 17.2 Å². The summed E-state index contributed by atoms with van der Waals surface area (Å²) >= 11 is 3.41. The Kier molecular flexibility index (Phi) is 3.54. The minimum Gasteiger partial charge on any atom is -0.508 e. The maximum Gasteiger partial charge on any atom is 0.331 e. The molecule has 0 aromatic heterocycles.